The van der Waals surface area contributed by atoms with Gasteiger partial charge in [0, 0.05) is 79.6 Å². The van der Waals surface area contributed by atoms with Crippen molar-refractivity contribution in [2.45, 2.75) is 98.0 Å². The molecule has 264 valence electrons. The Bertz CT molecular complexity index is 1680. The van der Waals surface area contributed by atoms with Crippen molar-refractivity contribution in [3.63, 3.8) is 0 Å². The Morgan fingerprint density at radius 2 is 1.76 bits per heavy atom. The maximum Gasteiger partial charge on any atom is 0.407 e. The molecule has 0 radical (unpaired) electrons. The number of benzene rings is 1. The second kappa shape index (κ2) is 15.6. The van der Waals surface area contributed by atoms with Crippen molar-refractivity contribution in [2.75, 3.05) is 38.3 Å². The number of aryl methyl sites for hydroxylation is 2. The van der Waals surface area contributed by atoms with Crippen LogP contribution in [-0.2, 0) is 22.6 Å². The van der Waals surface area contributed by atoms with Crippen LogP contribution < -0.4 is 21.1 Å². The van der Waals surface area contributed by atoms with Gasteiger partial charge < -0.3 is 30.0 Å². The van der Waals surface area contributed by atoms with E-state index < -0.39 is 5.60 Å². The van der Waals surface area contributed by atoms with Gasteiger partial charge in [-0.1, -0.05) is 6.07 Å². The topological polar surface area (TPSA) is 129 Å². The Kier molecular flexibility index (Phi) is 11.4. The van der Waals surface area contributed by atoms with Crippen molar-refractivity contribution < 1.29 is 19.1 Å². The zero-order valence-electron chi connectivity index (χ0n) is 30.1. The molecule has 5 rings (SSSR count). The van der Waals surface area contributed by atoms with E-state index in [0.717, 1.165) is 97.9 Å². The molecular weight excluding hydrogens is 620 g/mol. The molecule has 11 heteroatoms. The summed E-state index contributed by atoms with van der Waals surface area (Å²) in [5, 5.41) is 6.05. The molecule has 1 saturated carbocycles. The summed E-state index contributed by atoms with van der Waals surface area (Å²) in [6, 6.07) is 10.4. The number of pyridine rings is 2. The minimum atomic E-state index is -0.540. The molecule has 3 heterocycles. The third kappa shape index (κ3) is 9.48. The molecule has 3 N–H and O–H groups in total. The van der Waals surface area contributed by atoms with Crippen molar-refractivity contribution in [2.24, 2.45) is 0 Å². The van der Waals surface area contributed by atoms with E-state index >= 15 is 0 Å². The van der Waals surface area contributed by atoms with Gasteiger partial charge >= 0.3 is 6.09 Å². The van der Waals surface area contributed by atoms with E-state index in [-0.39, 0.29) is 36.2 Å². The Balaban J connectivity index is 1.38. The lowest BCUT2D eigenvalue weighted by atomic mass is 9.89. The summed E-state index contributed by atoms with van der Waals surface area (Å²) in [4.78, 5) is 51.2. The molecule has 0 bridgehead atoms. The van der Waals surface area contributed by atoms with Crippen LogP contribution in [0.25, 0.3) is 11.1 Å². The van der Waals surface area contributed by atoms with Crippen LogP contribution in [-0.4, -0.2) is 77.9 Å². The van der Waals surface area contributed by atoms with Gasteiger partial charge in [-0.25, -0.2) is 4.79 Å². The summed E-state index contributed by atoms with van der Waals surface area (Å²) in [5.74, 6) is -0.240. The number of hydrogen-bond acceptors (Lipinski definition) is 8. The molecule has 49 heavy (non-hydrogen) atoms. The molecule has 1 aromatic carbocycles. The summed E-state index contributed by atoms with van der Waals surface area (Å²) in [6.07, 6.45) is 4.94. The number of carbonyl (C=O) groups is 2. The second-order valence-corrected chi connectivity index (χ2v) is 14.5. The van der Waals surface area contributed by atoms with Gasteiger partial charge in [0.2, 0.25) is 0 Å². The van der Waals surface area contributed by atoms with Gasteiger partial charge in [-0.2, -0.15) is 0 Å². The summed E-state index contributed by atoms with van der Waals surface area (Å²) in [5.41, 5.74) is 6.63. The highest BCUT2D eigenvalue weighted by Gasteiger charge is 2.28. The van der Waals surface area contributed by atoms with Gasteiger partial charge in [-0.05, 0) is 108 Å². The molecule has 0 spiro atoms. The minimum absolute atomic E-state index is 0.0590. The highest BCUT2D eigenvalue weighted by molar-refractivity contribution is 5.99. The maximum absolute atomic E-state index is 13.9. The average Bonchev–Trinajstić information content (AvgIpc) is 3.04. The first-order chi connectivity index (χ1) is 23.3. The Hall–Kier alpha value is -4.22. The highest BCUT2D eigenvalue weighted by Crippen LogP contribution is 2.34. The molecule has 0 atom stereocenters. The first-order valence-electron chi connectivity index (χ1n) is 17.4. The predicted octanol–water partition coefficient (Wildman–Crippen LogP) is 5.40. The number of morpholine rings is 1. The summed E-state index contributed by atoms with van der Waals surface area (Å²) >= 11 is 0. The number of aromatic amines is 1. The third-order valence-corrected chi connectivity index (χ3v) is 9.54. The predicted molar refractivity (Wildman–Crippen MR) is 192 cm³/mol. The molecule has 2 fully saturated rings. The zero-order valence-corrected chi connectivity index (χ0v) is 30.1. The van der Waals surface area contributed by atoms with E-state index in [1.54, 1.807) is 0 Å². The van der Waals surface area contributed by atoms with Crippen molar-refractivity contribution in [1.82, 2.24) is 25.5 Å². The monoisotopic (exact) mass is 672 g/mol. The Morgan fingerprint density at radius 1 is 1.04 bits per heavy atom. The van der Waals surface area contributed by atoms with Gasteiger partial charge in [0.15, 0.2) is 0 Å². The van der Waals surface area contributed by atoms with Crippen LogP contribution in [0.5, 0.6) is 0 Å². The molecule has 2 amide bonds. The highest BCUT2D eigenvalue weighted by atomic mass is 16.6. The fourth-order valence-corrected chi connectivity index (χ4v) is 6.79. The summed E-state index contributed by atoms with van der Waals surface area (Å²) in [7, 11) is 2.08. The van der Waals surface area contributed by atoms with E-state index in [1.807, 2.05) is 59.9 Å². The number of alkyl carbamates (subject to hydrolysis) is 1. The van der Waals surface area contributed by atoms with Crippen LogP contribution in [0.2, 0.25) is 0 Å². The lowest BCUT2D eigenvalue weighted by Crippen LogP contribution is -2.44. The number of H-pyrrole nitrogens is 1. The first kappa shape index (κ1) is 36.1. The number of nitrogens with zero attached hydrogens (tertiary/aromatic N) is 3. The van der Waals surface area contributed by atoms with Crippen LogP contribution in [0.3, 0.4) is 0 Å². The number of amides is 2. The molecule has 3 aromatic rings. The van der Waals surface area contributed by atoms with Crippen molar-refractivity contribution >= 4 is 17.7 Å². The average molecular weight is 673 g/mol. The standard InChI is InChI=1S/C38H52N6O5/c1-24-18-25(2)41-36(46)33(24)22-40-35(45)32-19-28(27-8-9-30(39-21-27)23-44-14-16-48-17-15-44)20-34(26(32)3)43(7)31-12-10-29(11-13-31)42-37(47)49-38(4,5)6/h8-9,18-21,29,31H,10-17,22-23H2,1-7H3,(H,40,45)(H,41,46)(H,42,47). The fraction of sp³-hybridized carbons (Fsp3) is 0.526. The minimum Gasteiger partial charge on any atom is -0.444 e. The largest absolute Gasteiger partial charge is 0.444 e. The van der Waals surface area contributed by atoms with E-state index in [2.05, 4.69) is 50.7 Å². The number of carbonyl (C=O) groups excluding carboxylic acids is 2. The normalized spacial score (nSPS) is 18.5. The SMILES string of the molecule is Cc1cc(C)c(CNC(=O)c2cc(-c3ccc(CN4CCOCC4)nc3)cc(N(C)C3CCC(NC(=O)OC(C)(C)C)CC3)c2C)c(=O)[nH]1. The first-order valence-corrected chi connectivity index (χ1v) is 17.4. The summed E-state index contributed by atoms with van der Waals surface area (Å²) in [6.45, 7) is 15.5. The van der Waals surface area contributed by atoms with E-state index in [9.17, 15) is 14.4 Å². The smallest absolute Gasteiger partial charge is 0.407 e. The molecular formula is C38H52N6O5. The number of rotatable bonds is 9. The van der Waals surface area contributed by atoms with Crippen molar-refractivity contribution in [1.29, 1.82) is 0 Å². The van der Waals surface area contributed by atoms with E-state index in [0.29, 0.717) is 11.1 Å². The molecule has 1 aliphatic carbocycles. The van der Waals surface area contributed by atoms with Crippen LogP contribution in [0.15, 0.2) is 41.3 Å². The molecule has 1 saturated heterocycles. The van der Waals surface area contributed by atoms with Gasteiger partial charge in [0.25, 0.3) is 11.5 Å². The van der Waals surface area contributed by atoms with Crippen LogP contribution in [0.1, 0.15) is 84.9 Å². The number of hydrogen-bond donors (Lipinski definition) is 3. The van der Waals surface area contributed by atoms with Crippen LogP contribution in [0.4, 0.5) is 10.5 Å². The van der Waals surface area contributed by atoms with Gasteiger partial charge in [0.1, 0.15) is 5.60 Å². The molecule has 2 aliphatic rings. The van der Waals surface area contributed by atoms with E-state index in [4.69, 9.17) is 14.5 Å². The Labute approximate surface area is 289 Å². The molecule has 11 nitrogen and oxygen atoms in total. The zero-order chi connectivity index (χ0) is 35.3. The third-order valence-electron chi connectivity index (χ3n) is 9.54. The maximum atomic E-state index is 13.9. The van der Waals surface area contributed by atoms with Gasteiger partial charge in [-0.15, -0.1) is 0 Å². The number of anilines is 1. The molecule has 2 aromatic heterocycles. The lowest BCUT2D eigenvalue weighted by Gasteiger charge is -2.37. The van der Waals surface area contributed by atoms with Crippen molar-refractivity contribution in [3.8, 4) is 11.1 Å². The number of nitrogens with one attached hydrogen (secondary N) is 3. The van der Waals surface area contributed by atoms with E-state index in [1.165, 1.54) is 0 Å². The van der Waals surface area contributed by atoms with Crippen LogP contribution in [0, 0.1) is 20.8 Å². The molecule has 1 aliphatic heterocycles. The molecule has 0 unspecified atom stereocenters. The summed E-state index contributed by atoms with van der Waals surface area (Å²) < 4.78 is 11.0. The van der Waals surface area contributed by atoms with Crippen LogP contribution >= 0.6 is 0 Å². The van der Waals surface area contributed by atoms with Crippen molar-refractivity contribution in [3.05, 3.63) is 80.5 Å². The quantitative estimate of drug-likeness (QED) is 0.276. The number of ether oxygens (including phenoxy) is 2. The lowest BCUT2D eigenvalue weighted by molar-refractivity contribution is 0.0336. The second-order valence-electron chi connectivity index (χ2n) is 14.5. The van der Waals surface area contributed by atoms with Gasteiger partial charge in [-0.3, -0.25) is 19.5 Å². The Morgan fingerprint density at radius 3 is 2.39 bits per heavy atom. The number of aromatic nitrogens is 2. The fourth-order valence-electron chi connectivity index (χ4n) is 6.79. The van der Waals surface area contributed by atoms with Gasteiger partial charge in [0.05, 0.1) is 18.9 Å².